The summed E-state index contributed by atoms with van der Waals surface area (Å²) in [5.74, 6) is 0.152. The van der Waals surface area contributed by atoms with E-state index in [1.54, 1.807) is 6.08 Å². The van der Waals surface area contributed by atoms with Crippen LogP contribution in [0, 0.1) is 6.92 Å². The lowest BCUT2D eigenvalue weighted by Gasteiger charge is -2.11. The lowest BCUT2D eigenvalue weighted by atomic mass is 10.1. The maximum Gasteiger partial charge on any atom is 0.173 e. The van der Waals surface area contributed by atoms with Gasteiger partial charge in [-0.25, -0.2) is 8.42 Å². The number of hydrogen-bond donors (Lipinski definition) is 1. The number of nitrogens with one attached hydrogen (secondary N) is 1. The fourth-order valence-electron chi connectivity index (χ4n) is 1.80. The highest BCUT2D eigenvalue weighted by atomic mass is 35.5. The van der Waals surface area contributed by atoms with E-state index in [9.17, 15) is 8.42 Å². The molecule has 1 aliphatic heterocycles. The number of aryl methyl sites for hydroxylation is 1. The van der Waals surface area contributed by atoms with Crippen LogP contribution in [0.3, 0.4) is 0 Å². The Labute approximate surface area is 106 Å². The molecule has 0 aromatic heterocycles. The van der Waals surface area contributed by atoms with Gasteiger partial charge in [0.05, 0.1) is 5.75 Å². The molecule has 1 aromatic rings. The number of rotatable bonds is 3. The first-order valence-electron chi connectivity index (χ1n) is 5.36. The van der Waals surface area contributed by atoms with Crippen molar-refractivity contribution in [3.05, 3.63) is 45.8 Å². The molecule has 0 fully saturated rings. The smallest absolute Gasteiger partial charge is 0.173 e. The van der Waals surface area contributed by atoms with E-state index < -0.39 is 9.84 Å². The van der Waals surface area contributed by atoms with E-state index in [4.69, 9.17) is 11.6 Å². The summed E-state index contributed by atoms with van der Waals surface area (Å²) in [5.41, 5.74) is 2.24. The molecule has 0 aliphatic carbocycles. The molecule has 92 valence electrons. The Hall–Kier alpha value is -0.840. The Balaban J connectivity index is 1.97. The first kappa shape index (κ1) is 12.6. The van der Waals surface area contributed by atoms with Crippen LogP contribution in [0.15, 0.2) is 29.7 Å². The Kier molecular flexibility index (Phi) is 3.56. The standard InChI is InChI=1S/C12H14ClNO2S/c1-9-6-11(13)3-2-10(9)7-14-12-4-5-17(15,16)8-12/h2-6,12,14H,7-8H2,1H3. The molecule has 1 heterocycles. The van der Waals surface area contributed by atoms with E-state index >= 15 is 0 Å². The molecule has 1 aliphatic rings. The van der Waals surface area contributed by atoms with E-state index in [-0.39, 0.29) is 11.8 Å². The third kappa shape index (κ3) is 3.31. The van der Waals surface area contributed by atoms with Gasteiger partial charge >= 0.3 is 0 Å². The molecule has 5 heteroatoms. The third-order valence-corrected chi connectivity index (χ3v) is 4.42. The van der Waals surface area contributed by atoms with Crippen LogP contribution >= 0.6 is 11.6 Å². The van der Waals surface area contributed by atoms with E-state index in [2.05, 4.69) is 5.32 Å². The SMILES string of the molecule is Cc1cc(Cl)ccc1CNC1C=CS(=O)(=O)C1. The van der Waals surface area contributed by atoms with Gasteiger partial charge in [-0.2, -0.15) is 0 Å². The number of halogens is 1. The van der Waals surface area contributed by atoms with Gasteiger partial charge in [-0.15, -0.1) is 0 Å². The van der Waals surface area contributed by atoms with Crippen LogP contribution in [0.25, 0.3) is 0 Å². The van der Waals surface area contributed by atoms with Gasteiger partial charge in [-0.05, 0) is 30.2 Å². The normalized spacial score (nSPS) is 21.9. The van der Waals surface area contributed by atoms with Crippen molar-refractivity contribution in [2.24, 2.45) is 0 Å². The second-order valence-corrected chi connectivity index (χ2v) is 6.58. The van der Waals surface area contributed by atoms with Crippen LogP contribution in [-0.2, 0) is 16.4 Å². The fourth-order valence-corrected chi connectivity index (χ4v) is 3.30. The summed E-state index contributed by atoms with van der Waals surface area (Å²) in [7, 11) is -2.98. The second kappa shape index (κ2) is 4.80. The van der Waals surface area contributed by atoms with Gasteiger partial charge in [0.25, 0.3) is 0 Å². The molecular formula is C12H14ClNO2S. The van der Waals surface area contributed by atoms with Crippen LogP contribution in [0.2, 0.25) is 5.02 Å². The summed E-state index contributed by atoms with van der Waals surface area (Å²) in [4.78, 5) is 0. The average Bonchev–Trinajstić information content (AvgIpc) is 2.57. The monoisotopic (exact) mass is 271 g/mol. The van der Waals surface area contributed by atoms with Gasteiger partial charge in [0.2, 0.25) is 0 Å². The predicted octanol–water partition coefficient (Wildman–Crippen LogP) is 2.05. The summed E-state index contributed by atoms with van der Waals surface area (Å²) in [6, 6.07) is 5.61. The highest BCUT2D eigenvalue weighted by Crippen LogP contribution is 2.16. The minimum Gasteiger partial charge on any atom is -0.305 e. The Morgan fingerprint density at radius 3 is 2.82 bits per heavy atom. The summed E-state index contributed by atoms with van der Waals surface area (Å²) in [6.07, 6.45) is 1.70. The molecule has 1 N–H and O–H groups in total. The molecule has 1 aromatic carbocycles. The maximum atomic E-state index is 11.2. The van der Waals surface area contributed by atoms with Crippen LogP contribution in [0.4, 0.5) is 0 Å². The molecule has 2 rings (SSSR count). The second-order valence-electron chi connectivity index (χ2n) is 4.22. The van der Waals surface area contributed by atoms with Crippen molar-refractivity contribution in [1.29, 1.82) is 0 Å². The van der Waals surface area contributed by atoms with E-state index in [1.165, 1.54) is 5.41 Å². The van der Waals surface area contributed by atoms with Crippen molar-refractivity contribution in [2.75, 3.05) is 5.75 Å². The molecule has 17 heavy (non-hydrogen) atoms. The topological polar surface area (TPSA) is 46.2 Å². The van der Waals surface area contributed by atoms with Gasteiger partial charge in [-0.3, -0.25) is 0 Å². The lowest BCUT2D eigenvalue weighted by Crippen LogP contribution is -2.29. The van der Waals surface area contributed by atoms with Crippen molar-refractivity contribution in [3.8, 4) is 0 Å². The molecule has 0 radical (unpaired) electrons. The summed E-state index contributed by atoms with van der Waals surface area (Å²) in [5, 5.41) is 5.20. The van der Waals surface area contributed by atoms with Crippen molar-refractivity contribution < 1.29 is 8.42 Å². The third-order valence-electron chi connectivity index (χ3n) is 2.79. The molecular weight excluding hydrogens is 258 g/mol. The first-order chi connectivity index (χ1) is 7.96. The summed E-state index contributed by atoms with van der Waals surface area (Å²) in [6.45, 7) is 2.64. The average molecular weight is 272 g/mol. The quantitative estimate of drug-likeness (QED) is 0.915. The zero-order valence-electron chi connectivity index (χ0n) is 9.48. The van der Waals surface area contributed by atoms with Crippen molar-refractivity contribution >= 4 is 21.4 Å². The van der Waals surface area contributed by atoms with Crippen LogP contribution < -0.4 is 5.32 Å². The van der Waals surface area contributed by atoms with Crippen LogP contribution in [0.1, 0.15) is 11.1 Å². The lowest BCUT2D eigenvalue weighted by molar-refractivity contribution is 0.590. The van der Waals surface area contributed by atoms with E-state index in [1.807, 2.05) is 25.1 Å². The highest BCUT2D eigenvalue weighted by molar-refractivity contribution is 7.94. The van der Waals surface area contributed by atoms with Crippen molar-refractivity contribution in [2.45, 2.75) is 19.5 Å². The van der Waals surface area contributed by atoms with Gasteiger partial charge in [0.1, 0.15) is 0 Å². The van der Waals surface area contributed by atoms with Gasteiger partial charge < -0.3 is 5.32 Å². The predicted molar refractivity (Wildman–Crippen MR) is 69.7 cm³/mol. The number of benzene rings is 1. The fraction of sp³-hybridized carbons (Fsp3) is 0.333. The Morgan fingerprint density at radius 2 is 2.24 bits per heavy atom. The Bertz CT molecular complexity index is 552. The zero-order valence-corrected chi connectivity index (χ0v) is 11.1. The summed E-state index contributed by atoms with van der Waals surface area (Å²) < 4.78 is 22.4. The maximum absolute atomic E-state index is 11.2. The van der Waals surface area contributed by atoms with E-state index in [0.29, 0.717) is 6.54 Å². The molecule has 0 saturated carbocycles. The molecule has 1 atom stereocenters. The first-order valence-corrected chi connectivity index (χ1v) is 7.45. The molecule has 0 spiro atoms. The van der Waals surface area contributed by atoms with Gasteiger partial charge in [-0.1, -0.05) is 23.7 Å². The Morgan fingerprint density at radius 1 is 1.47 bits per heavy atom. The van der Waals surface area contributed by atoms with Crippen LogP contribution in [0.5, 0.6) is 0 Å². The van der Waals surface area contributed by atoms with Crippen molar-refractivity contribution in [3.63, 3.8) is 0 Å². The molecule has 0 saturated heterocycles. The molecule has 0 bridgehead atoms. The zero-order chi connectivity index (χ0) is 12.5. The van der Waals surface area contributed by atoms with E-state index in [0.717, 1.165) is 16.1 Å². The molecule has 1 unspecified atom stereocenters. The minimum atomic E-state index is -2.98. The minimum absolute atomic E-state index is 0.0879. The van der Waals surface area contributed by atoms with Crippen LogP contribution in [-0.4, -0.2) is 20.2 Å². The largest absolute Gasteiger partial charge is 0.305 e. The summed E-state index contributed by atoms with van der Waals surface area (Å²) >= 11 is 5.87. The number of sulfone groups is 1. The van der Waals surface area contributed by atoms with Gasteiger partial charge in [0.15, 0.2) is 9.84 Å². The van der Waals surface area contributed by atoms with Gasteiger partial charge in [0, 0.05) is 23.0 Å². The van der Waals surface area contributed by atoms with Crippen molar-refractivity contribution in [1.82, 2.24) is 5.32 Å². The number of hydrogen-bond acceptors (Lipinski definition) is 3. The molecule has 3 nitrogen and oxygen atoms in total. The molecule has 0 amide bonds. The highest BCUT2D eigenvalue weighted by Gasteiger charge is 2.20.